The zero-order valence-electron chi connectivity index (χ0n) is 10.6. The molecule has 0 radical (unpaired) electrons. The van der Waals surface area contributed by atoms with E-state index in [1.807, 2.05) is 0 Å². The molecule has 0 bridgehead atoms. The van der Waals surface area contributed by atoms with Gasteiger partial charge in [0.2, 0.25) is 5.91 Å². The number of primary amides is 2. The number of unbranched alkanes of at least 4 members (excludes halogenated alkanes) is 5. The van der Waals surface area contributed by atoms with E-state index in [0.29, 0.717) is 6.42 Å². The number of urea groups is 1. The highest BCUT2D eigenvalue weighted by Gasteiger charge is 1.95. The SMILES string of the molecule is NC(=O)CCCCCCCCNNNNC(N)=O. The number of nitrogens with two attached hydrogens (primary N) is 2. The lowest BCUT2D eigenvalue weighted by atomic mass is 10.1. The minimum atomic E-state index is -0.653. The first kappa shape index (κ1) is 16.6. The molecule has 0 fully saturated rings. The number of nitrogens with one attached hydrogen (secondary N) is 4. The van der Waals surface area contributed by atoms with Crippen molar-refractivity contribution in [3.63, 3.8) is 0 Å². The summed E-state index contributed by atoms with van der Waals surface area (Å²) in [5.41, 5.74) is 19.8. The topological polar surface area (TPSA) is 134 Å². The molecule has 8 N–H and O–H groups in total. The molecule has 0 aliphatic heterocycles. The summed E-state index contributed by atoms with van der Waals surface area (Å²) in [7, 11) is 0. The Balaban J connectivity index is 2.99. The molecule has 106 valence electrons. The quantitative estimate of drug-likeness (QED) is 0.205. The zero-order valence-corrected chi connectivity index (χ0v) is 10.6. The molecule has 3 amide bonds. The summed E-state index contributed by atoms with van der Waals surface area (Å²) in [4.78, 5) is 20.7. The number of hydrogen-bond acceptors (Lipinski definition) is 5. The van der Waals surface area contributed by atoms with Gasteiger partial charge in [0.1, 0.15) is 0 Å². The molecule has 0 heterocycles. The van der Waals surface area contributed by atoms with Crippen molar-refractivity contribution in [1.82, 2.24) is 21.9 Å². The smallest absolute Gasteiger partial charge is 0.327 e. The third-order valence-corrected chi connectivity index (χ3v) is 2.31. The Bertz CT molecular complexity index is 212. The monoisotopic (exact) mass is 260 g/mol. The average Bonchev–Trinajstić information content (AvgIpc) is 2.29. The highest BCUT2D eigenvalue weighted by atomic mass is 16.2. The maximum atomic E-state index is 10.5. The van der Waals surface area contributed by atoms with Crippen LogP contribution in [0.4, 0.5) is 4.79 Å². The van der Waals surface area contributed by atoms with E-state index in [-0.39, 0.29) is 5.91 Å². The summed E-state index contributed by atoms with van der Waals surface area (Å²) in [6, 6.07) is -0.653. The van der Waals surface area contributed by atoms with E-state index in [1.54, 1.807) is 0 Å². The van der Waals surface area contributed by atoms with Gasteiger partial charge < -0.3 is 11.5 Å². The summed E-state index contributed by atoms with van der Waals surface area (Å²) >= 11 is 0. The molecule has 8 nitrogen and oxygen atoms in total. The van der Waals surface area contributed by atoms with Crippen molar-refractivity contribution < 1.29 is 9.59 Å². The van der Waals surface area contributed by atoms with Crippen molar-refractivity contribution in [3.05, 3.63) is 0 Å². The van der Waals surface area contributed by atoms with E-state index >= 15 is 0 Å². The van der Waals surface area contributed by atoms with Gasteiger partial charge in [0.25, 0.3) is 0 Å². The third-order valence-electron chi connectivity index (χ3n) is 2.31. The van der Waals surface area contributed by atoms with Crippen LogP contribution in [-0.4, -0.2) is 18.5 Å². The second-order valence-electron chi connectivity index (χ2n) is 4.00. The van der Waals surface area contributed by atoms with Crippen LogP contribution in [0.1, 0.15) is 44.9 Å². The van der Waals surface area contributed by atoms with Crippen molar-refractivity contribution >= 4 is 11.9 Å². The molecule has 18 heavy (non-hydrogen) atoms. The molecule has 0 aromatic rings. The first-order valence-corrected chi connectivity index (χ1v) is 6.19. The largest absolute Gasteiger partial charge is 0.370 e. The predicted octanol–water partition coefficient (Wildman–Crippen LogP) is -0.615. The van der Waals surface area contributed by atoms with Gasteiger partial charge in [-0.2, -0.15) is 11.1 Å². The van der Waals surface area contributed by atoms with Crippen LogP contribution in [0.15, 0.2) is 0 Å². The number of rotatable bonds is 12. The molecule has 0 rings (SSSR count). The molecule has 0 aliphatic rings. The highest BCUT2D eigenvalue weighted by molar-refractivity contribution is 5.73. The van der Waals surface area contributed by atoms with Crippen molar-refractivity contribution in [2.24, 2.45) is 11.5 Å². The van der Waals surface area contributed by atoms with Gasteiger partial charge >= 0.3 is 6.03 Å². The first-order chi connectivity index (χ1) is 8.63. The standard InChI is InChI=1S/C10H24N6O2/c11-9(17)7-5-3-1-2-4-6-8-13-15-16-14-10(12)18/h13,15-16H,1-8H2,(H2,11,17)(H3,12,14,18). The van der Waals surface area contributed by atoms with Crippen LogP contribution in [0.3, 0.4) is 0 Å². The van der Waals surface area contributed by atoms with Gasteiger partial charge in [-0.3, -0.25) is 10.2 Å². The summed E-state index contributed by atoms with van der Waals surface area (Å²) < 4.78 is 0. The minimum Gasteiger partial charge on any atom is -0.370 e. The second-order valence-corrected chi connectivity index (χ2v) is 4.00. The van der Waals surface area contributed by atoms with Crippen molar-refractivity contribution in [2.45, 2.75) is 44.9 Å². The Labute approximate surface area is 107 Å². The van der Waals surface area contributed by atoms with Gasteiger partial charge in [0, 0.05) is 13.0 Å². The Morgan fingerprint density at radius 1 is 0.833 bits per heavy atom. The van der Waals surface area contributed by atoms with E-state index in [2.05, 4.69) is 21.9 Å². The van der Waals surface area contributed by atoms with Gasteiger partial charge in [0.15, 0.2) is 0 Å². The zero-order chi connectivity index (χ0) is 13.6. The van der Waals surface area contributed by atoms with Crippen molar-refractivity contribution in [3.8, 4) is 0 Å². The second kappa shape index (κ2) is 12.1. The molecule has 0 saturated heterocycles. The molecular weight excluding hydrogens is 236 g/mol. The van der Waals surface area contributed by atoms with Crippen LogP contribution < -0.4 is 33.4 Å². The van der Waals surface area contributed by atoms with Gasteiger partial charge in [-0.1, -0.05) is 25.7 Å². The fraction of sp³-hybridized carbons (Fsp3) is 0.800. The van der Waals surface area contributed by atoms with Crippen LogP contribution in [0.25, 0.3) is 0 Å². The average molecular weight is 260 g/mol. The van der Waals surface area contributed by atoms with Crippen molar-refractivity contribution in [1.29, 1.82) is 0 Å². The summed E-state index contributed by atoms with van der Waals surface area (Å²) in [6.07, 6.45) is 6.85. The Morgan fingerprint density at radius 2 is 1.44 bits per heavy atom. The lowest BCUT2D eigenvalue weighted by molar-refractivity contribution is -0.118. The molecule has 0 aromatic carbocycles. The van der Waals surface area contributed by atoms with E-state index in [0.717, 1.165) is 45.1 Å². The molecule has 0 saturated carbocycles. The Morgan fingerprint density at radius 3 is 2.06 bits per heavy atom. The van der Waals surface area contributed by atoms with Crippen LogP contribution in [0.5, 0.6) is 0 Å². The van der Waals surface area contributed by atoms with Gasteiger partial charge in [0.05, 0.1) is 0 Å². The maximum Gasteiger partial charge on any atom is 0.327 e. The Hall–Kier alpha value is -1.38. The Kier molecular flexibility index (Phi) is 11.2. The van der Waals surface area contributed by atoms with E-state index in [1.165, 1.54) is 0 Å². The van der Waals surface area contributed by atoms with Crippen LogP contribution in [-0.2, 0) is 4.79 Å². The molecule has 0 atom stereocenters. The first-order valence-electron chi connectivity index (χ1n) is 6.19. The molecule has 0 spiro atoms. The fourth-order valence-electron chi connectivity index (χ4n) is 1.42. The van der Waals surface area contributed by atoms with Gasteiger partial charge in [-0.15, -0.1) is 0 Å². The van der Waals surface area contributed by atoms with E-state index < -0.39 is 6.03 Å². The number of hydrogen-bond donors (Lipinski definition) is 6. The molecule has 0 aliphatic carbocycles. The number of carbonyl (C=O) groups is 2. The molecule has 8 heteroatoms. The molecular formula is C10H24N6O2. The number of carbonyl (C=O) groups excluding carboxylic acids is 2. The summed E-state index contributed by atoms with van der Waals surface area (Å²) in [5, 5.41) is 0. The fourth-order valence-corrected chi connectivity index (χ4v) is 1.42. The maximum absolute atomic E-state index is 10.5. The van der Waals surface area contributed by atoms with Crippen LogP contribution in [0.2, 0.25) is 0 Å². The van der Waals surface area contributed by atoms with Gasteiger partial charge in [-0.25, -0.2) is 10.2 Å². The minimum absolute atomic E-state index is 0.220. The summed E-state index contributed by atoms with van der Waals surface area (Å²) in [5.74, 6) is -0.220. The predicted molar refractivity (Wildman–Crippen MR) is 68.5 cm³/mol. The number of hydrazine groups is 3. The van der Waals surface area contributed by atoms with Gasteiger partial charge in [-0.05, 0) is 12.8 Å². The molecule has 0 aromatic heterocycles. The number of amides is 3. The van der Waals surface area contributed by atoms with Crippen molar-refractivity contribution in [2.75, 3.05) is 6.54 Å². The van der Waals surface area contributed by atoms with Crippen LogP contribution in [0, 0.1) is 0 Å². The van der Waals surface area contributed by atoms with Crippen LogP contribution >= 0.6 is 0 Å². The van der Waals surface area contributed by atoms with E-state index in [9.17, 15) is 9.59 Å². The third kappa shape index (κ3) is 14.6. The van der Waals surface area contributed by atoms with E-state index in [4.69, 9.17) is 11.5 Å². The summed E-state index contributed by atoms with van der Waals surface area (Å²) in [6.45, 7) is 0.786. The lowest BCUT2D eigenvalue weighted by Gasteiger charge is -2.08. The normalized spacial score (nSPS) is 10.2. The molecule has 0 unspecified atom stereocenters. The lowest BCUT2D eigenvalue weighted by Crippen LogP contribution is -2.54. The highest BCUT2D eigenvalue weighted by Crippen LogP contribution is 2.06.